The van der Waals surface area contributed by atoms with E-state index in [1.165, 1.54) is 0 Å². The Labute approximate surface area is 165 Å². The van der Waals surface area contributed by atoms with E-state index in [9.17, 15) is 28.3 Å². The molecule has 27 heavy (non-hydrogen) atoms. The van der Waals surface area contributed by atoms with Crippen molar-refractivity contribution in [3.63, 3.8) is 0 Å². The molecule has 0 rings (SSSR count). The van der Waals surface area contributed by atoms with Crippen LogP contribution in [0.15, 0.2) is 0 Å². The van der Waals surface area contributed by atoms with Gasteiger partial charge in [-0.05, 0) is 12.8 Å². The maximum Gasteiger partial charge on any atom is 0.217 e. The minimum Gasteiger partial charge on any atom is -0.726 e. The summed E-state index contributed by atoms with van der Waals surface area (Å²) in [6.45, 7) is 6.25. The lowest BCUT2D eigenvalue weighted by Crippen LogP contribution is -2.54. The number of aliphatic hydroxyl groups excluding tert-OH is 3. The molecule has 0 spiro atoms. The van der Waals surface area contributed by atoms with E-state index >= 15 is 0 Å². The second-order valence-electron chi connectivity index (χ2n) is 7.31. The maximum atomic E-state index is 10.2. The molecule has 0 heterocycles. The SMILES string of the molecule is CCCCCC(O)C[N+](C)(CCO)CC(O)CCCCC.COS(=O)(=O)[O-]. The average Bonchev–Trinajstić information content (AvgIpc) is 2.55. The first-order chi connectivity index (χ1) is 12.5. The number of quaternary nitrogens is 1. The molecule has 0 saturated carbocycles. The van der Waals surface area contributed by atoms with Crippen LogP contribution in [0.1, 0.15) is 65.2 Å². The van der Waals surface area contributed by atoms with Crippen LogP contribution in [0, 0.1) is 0 Å². The molecule has 0 aliphatic heterocycles. The molecule has 3 N–H and O–H groups in total. The van der Waals surface area contributed by atoms with Gasteiger partial charge in [-0.3, -0.25) is 4.18 Å². The number of nitrogens with zero attached hydrogens (tertiary/aromatic N) is 1. The Hall–Kier alpha value is -0.290. The predicted octanol–water partition coefficient (Wildman–Crippen LogP) is 1.40. The highest BCUT2D eigenvalue weighted by Crippen LogP contribution is 2.13. The minimum absolute atomic E-state index is 0.0971. The molecule has 2 atom stereocenters. The number of unbranched alkanes of at least 4 members (excludes halogenated alkanes) is 4. The summed E-state index contributed by atoms with van der Waals surface area (Å²) >= 11 is 0. The van der Waals surface area contributed by atoms with Gasteiger partial charge in [0, 0.05) is 0 Å². The van der Waals surface area contributed by atoms with Gasteiger partial charge in [0.15, 0.2) is 0 Å². The Kier molecular flexibility index (Phi) is 17.8. The van der Waals surface area contributed by atoms with Crippen molar-refractivity contribution in [3.05, 3.63) is 0 Å². The molecule has 0 amide bonds. The van der Waals surface area contributed by atoms with E-state index in [0.717, 1.165) is 58.5 Å². The van der Waals surface area contributed by atoms with Gasteiger partial charge in [-0.25, -0.2) is 8.42 Å². The summed E-state index contributed by atoms with van der Waals surface area (Å²) < 4.78 is 31.6. The third kappa shape index (κ3) is 20.3. The van der Waals surface area contributed by atoms with Gasteiger partial charge in [0.1, 0.15) is 31.8 Å². The molecule has 9 heteroatoms. The summed E-state index contributed by atoms with van der Waals surface area (Å²) in [6, 6.07) is 0. The van der Waals surface area contributed by atoms with Crippen molar-refractivity contribution in [3.8, 4) is 0 Å². The molecule has 0 aromatic rings. The number of aliphatic hydroxyl groups is 3. The highest BCUT2D eigenvalue weighted by molar-refractivity contribution is 7.80. The third-order valence-corrected chi connectivity index (χ3v) is 4.84. The zero-order chi connectivity index (χ0) is 21.3. The molecule has 2 unspecified atom stereocenters. The summed E-state index contributed by atoms with van der Waals surface area (Å²) in [5.41, 5.74) is 0. The van der Waals surface area contributed by atoms with E-state index in [2.05, 4.69) is 18.0 Å². The molecule has 0 aliphatic rings. The fraction of sp³-hybridized carbons (Fsp3) is 1.00. The number of hydrogen-bond donors (Lipinski definition) is 3. The smallest absolute Gasteiger partial charge is 0.217 e. The zero-order valence-electron chi connectivity index (χ0n) is 17.5. The summed E-state index contributed by atoms with van der Waals surface area (Å²) in [6.07, 6.45) is 7.69. The first-order valence-corrected chi connectivity index (χ1v) is 11.2. The topological polar surface area (TPSA) is 127 Å². The van der Waals surface area contributed by atoms with Gasteiger partial charge in [0.25, 0.3) is 0 Å². The van der Waals surface area contributed by atoms with Crippen molar-refractivity contribution >= 4 is 10.4 Å². The van der Waals surface area contributed by atoms with Crippen molar-refractivity contribution in [2.75, 3.05) is 40.4 Å². The van der Waals surface area contributed by atoms with E-state index < -0.39 is 10.4 Å². The lowest BCUT2D eigenvalue weighted by Gasteiger charge is -2.37. The predicted molar refractivity (Wildman–Crippen MR) is 105 cm³/mol. The molecule has 0 saturated heterocycles. The van der Waals surface area contributed by atoms with Crippen molar-refractivity contribution in [1.82, 2.24) is 0 Å². The molecule has 0 aromatic carbocycles. The van der Waals surface area contributed by atoms with Gasteiger partial charge >= 0.3 is 0 Å². The fourth-order valence-corrected chi connectivity index (χ4v) is 2.96. The first kappa shape index (κ1) is 28.9. The average molecular weight is 416 g/mol. The van der Waals surface area contributed by atoms with Gasteiger partial charge in [-0.1, -0.05) is 52.4 Å². The molecule has 0 radical (unpaired) electrons. The Bertz CT molecular complexity index is 413. The second kappa shape index (κ2) is 16.6. The molecular formula is C18H41NO7S. The van der Waals surface area contributed by atoms with Crippen LogP contribution in [-0.4, -0.2) is 85.4 Å². The lowest BCUT2D eigenvalue weighted by atomic mass is 10.1. The van der Waals surface area contributed by atoms with Crippen LogP contribution in [-0.2, 0) is 14.6 Å². The van der Waals surface area contributed by atoms with Crippen molar-refractivity contribution in [2.24, 2.45) is 0 Å². The Morgan fingerprint density at radius 1 is 0.963 bits per heavy atom. The van der Waals surface area contributed by atoms with Gasteiger partial charge < -0.3 is 24.4 Å². The van der Waals surface area contributed by atoms with Crippen LogP contribution in [0.3, 0.4) is 0 Å². The third-order valence-electron chi connectivity index (χ3n) is 4.43. The lowest BCUT2D eigenvalue weighted by molar-refractivity contribution is -0.915. The van der Waals surface area contributed by atoms with Crippen LogP contribution in [0.5, 0.6) is 0 Å². The standard InChI is InChI=1S/C17H38NO3.CH4O4S/c1-4-6-8-10-16(20)14-18(3,12-13-19)15-17(21)11-9-7-5-2;1-5-6(2,3)4/h16-17,19-21H,4-15H2,1-3H3;1H3,(H,2,3,4)/q+1;/p-1. The van der Waals surface area contributed by atoms with Crippen LogP contribution in [0.4, 0.5) is 0 Å². The Morgan fingerprint density at radius 2 is 1.33 bits per heavy atom. The zero-order valence-corrected chi connectivity index (χ0v) is 18.3. The van der Waals surface area contributed by atoms with Gasteiger partial charge in [0.2, 0.25) is 10.4 Å². The van der Waals surface area contributed by atoms with E-state index in [0.29, 0.717) is 24.1 Å². The highest BCUT2D eigenvalue weighted by atomic mass is 32.3. The van der Waals surface area contributed by atoms with Crippen molar-refractivity contribution in [2.45, 2.75) is 77.4 Å². The largest absolute Gasteiger partial charge is 0.726 e. The molecule has 0 aliphatic carbocycles. The number of rotatable bonds is 15. The van der Waals surface area contributed by atoms with Crippen LogP contribution in [0.2, 0.25) is 0 Å². The fourth-order valence-electron chi connectivity index (χ4n) is 2.96. The van der Waals surface area contributed by atoms with Gasteiger partial charge in [0.05, 0.1) is 20.8 Å². The quantitative estimate of drug-likeness (QED) is 0.160. The highest BCUT2D eigenvalue weighted by Gasteiger charge is 2.27. The molecule has 8 nitrogen and oxygen atoms in total. The summed E-state index contributed by atoms with van der Waals surface area (Å²) in [5.74, 6) is 0. The van der Waals surface area contributed by atoms with Gasteiger partial charge in [-0.15, -0.1) is 0 Å². The molecule has 0 fully saturated rings. The summed E-state index contributed by atoms with van der Waals surface area (Å²) in [4.78, 5) is 0. The number of hydrogen-bond acceptors (Lipinski definition) is 7. The van der Waals surface area contributed by atoms with Gasteiger partial charge in [-0.2, -0.15) is 0 Å². The van der Waals surface area contributed by atoms with E-state index in [1.54, 1.807) is 0 Å². The summed E-state index contributed by atoms with van der Waals surface area (Å²) in [7, 11) is -1.57. The van der Waals surface area contributed by atoms with Crippen molar-refractivity contribution in [1.29, 1.82) is 0 Å². The molecular weight excluding hydrogens is 374 g/mol. The Balaban J connectivity index is 0. The molecule has 166 valence electrons. The van der Waals surface area contributed by atoms with E-state index in [1.807, 2.05) is 7.05 Å². The molecule has 0 aromatic heterocycles. The van der Waals surface area contributed by atoms with Crippen LogP contribution < -0.4 is 0 Å². The Morgan fingerprint density at radius 3 is 1.59 bits per heavy atom. The van der Waals surface area contributed by atoms with Crippen LogP contribution >= 0.6 is 0 Å². The minimum atomic E-state index is -4.41. The molecule has 0 bridgehead atoms. The monoisotopic (exact) mass is 415 g/mol. The maximum absolute atomic E-state index is 10.2. The van der Waals surface area contributed by atoms with E-state index in [4.69, 9.17) is 0 Å². The van der Waals surface area contributed by atoms with Crippen LogP contribution in [0.25, 0.3) is 0 Å². The van der Waals surface area contributed by atoms with Crippen molar-refractivity contribution < 1.29 is 37.0 Å². The second-order valence-corrected chi connectivity index (χ2v) is 8.46. The van der Waals surface area contributed by atoms with E-state index in [-0.39, 0.29) is 18.8 Å². The summed E-state index contributed by atoms with van der Waals surface area (Å²) in [5, 5.41) is 29.6. The normalized spacial score (nSPS) is 16.1. The number of likely N-dealkylation sites (N-methyl/N-ethyl adjacent to an activating group) is 1. The first-order valence-electron chi connectivity index (χ1n) is 9.85.